The highest BCUT2D eigenvalue weighted by Crippen LogP contribution is 2.18. The van der Waals surface area contributed by atoms with Crippen LogP contribution in [0.5, 0.6) is 0 Å². The number of hydrogen-bond donors (Lipinski definition) is 2. The summed E-state index contributed by atoms with van der Waals surface area (Å²) in [6, 6.07) is 0.896. The van der Waals surface area contributed by atoms with Gasteiger partial charge in [-0.1, -0.05) is 27.7 Å². The van der Waals surface area contributed by atoms with Gasteiger partial charge in [0.2, 0.25) is 5.91 Å². The molecule has 1 unspecified atom stereocenters. The molecule has 2 aliphatic rings. The van der Waals surface area contributed by atoms with Gasteiger partial charge in [0, 0.05) is 51.2 Å². The fourth-order valence-corrected chi connectivity index (χ4v) is 3.88. The van der Waals surface area contributed by atoms with E-state index in [-0.39, 0.29) is 11.8 Å². The molecule has 2 fully saturated rings. The maximum Gasteiger partial charge on any atom is 0.225 e. The van der Waals surface area contributed by atoms with Crippen LogP contribution in [-0.4, -0.2) is 73.5 Å². The topological polar surface area (TPSA) is 60.0 Å². The Labute approximate surface area is 153 Å². The van der Waals surface area contributed by atoms with E-state index in [1.165, 1.54) is 25.9 Å². The van der Waals surface area contributed by atoms with E-state index in [4.69, 9.17) is 0 Å². The van der Waals surface area contributed by atoms with Gasteiger partial charge in [0.25, 0.3) is 0 Å². The molecule has 0 aromatic rings. The number of carbonyl (C=O) groups excluding carboxylic acids is 1. The fraction of sp³-hybridized carbons (Fsp3) is 0.895. The summed E-state index contributed by atoms with van der Waals surface area (Å²) >= 11 is 0. The number of nitrogens with zero attached hydrogens (tertiary/aromatic N) is 3. The van der Waals surface area contributed by atoms with E-state index in [1.807, 2.05) is 25.8 Å². The Kier molecular flexibility index (Phi) is 7.54. The van der Waals surface area contributed by atoms with Crippen LogP contribution in [0.4, 0.5) is 0 Å². The molecular formula is C19H37N5O. The largest absolute Gasteiger partial charge is 0.355 e. The van der Waals surface area contributed by atoms with Crippen molar-refractivity contribution in [2.24, 2.45) is 16.8 Å². The van der Waals surface area contributed by atoms with Crippen LogP contribution < -0.4 is 10.6 Å². The van der Waals surface area contributed by atoms with Crippen molar-refractivity contribution in [2.45, 2.75) is 59.0 Å². The first-order chi connectivity index (χ1) is 11.9. The molecule has 6 nitrogen and oxygen atoms in total. The first kappa shape index (κ1) is 20.0. The van der Waals surface area contributed by atoms with Crippen LogP contribution in [0.3, 0.4) is 0 Å². The van der Waals surface area contributed by atoms with Crippen molar-refractivity contribution in [3.8, 4) is 0 Å². The van der Waals surface area contributed by atoms with E-state index in [2.05, 4.69) is 34.4 Å². The van der Waals surface area contributed by atoms with Crippen LogP contribution >= 0.6 is 0 Å². The van der Waals surface area contributed by atoms with Crippen molar-refractivity contribution in [1.82, 2.24) is 20.4 Å². The number of carbonyl (C=O) groups is 1. The molecule has 2 aliphatic heterocycles. The SMILES string of the molecule is CN=C(NC[C@H]1CCCN1CC(C)C)NC1CCN(C(=O)C(C)C)C1. The minimum atomic E-state index is 0.0745. The first-order valence-corrected chi connectivity index (χ1v) is 9.90. The van der Waals surface area contributed by atoms with Gasteiger partial charge in [-0.3, -0.25) is 14.7 Å². The highest BCUT2D eigenvalue weighted by Gasteiger charge is 2.29. The van der Waals surface area contributed by atoms with Gasteiger partial charge in [0.1, 0.15) is 0 Å². The molecule has 6 heteroatoms. The average Bonchev–Trinajstić information content (AvgIpc) is 3.19. The molecule has 2 saturated heterocycles. The van der Waals surface area contributed by atoms with Gasteiger partial charge < -0.3 is 15.5 Å². The molecule has 0 aliphatic carbocycles. The van der Waals surface area contributed by atoms with Gasteiger partial charge in [-0.15, -0.1) is 0 Å². The second-order valence-corrected chi connectivity index (χ2v) is 8.21. The number of guanidine groups is 1. The molecule has 0 aromatic heterocycles. The van der Waals surface area contributed by atoms with Crippen LogP contribution in [0.25, 0.3) is 0 Å². The van der Waals surface area contributed by atoms with Gasteiger partial charge in [0.05, 0.1) is 0 Å². The zero-order chi connectivity index (χ0) is 18.4. The normalized spacial score (nSPS) is 25.2. The maximum absolute atomic E-state index is 12.1. The van der Waals surface area contributed by atoms with Crippen molar-refractivity contribution in [2.75, 3.05) is 39.8 Å². The summed E-state index contributed by atoms with van der Waals surface area (Å²) in [7, 11) is 1.82. The Balaban J connectivity index is 1.77. The molecule has 1 amide bonds. The Morgan fingerprint density at radius 3 is 2.60 bits per heavy atom. The molecule has 0 bridgehead atoms. The zero-order valence-corrected chi connectivity index (χ0v) is 16.7. The predicted molar refractivity (Wildman–Crippen MR) is 104 cm³/mol. The van der Waals surface area contributed by atoms with Crippen LogP contribution in [-0.2, 0) is 4.79 Å². The quantitative estimate of drug-likeness (QED) is 0.563. The van der Waals surface area contributed by atoms with E-state index in [0.29, 0.717) is 18.0 Å². The Morgan fingerprint density at radius 1 is 1.20 bits per heavy atom. The van der Waals surface area contributed by atoms with Crippen molar-refractivity contribution in [1.29, 1.82) is 0 Å². The number of amides is 1. The van der Waals surface area contributed by atoms with Crippen LogP contribution in [0.15, 0.2) is 4.99 Å². The van der Waals surface area contributed by atoms with Gasteiger partial charge in [0.15, 0.2) is 5.96 Å². The molecule has 0 spiro atoms. The number of aliphatic imine (C=N–C) groups is 1. The summed E-state index contributed by atoms with van der Waals surface area (Å²) < 4.78 is 0. The number of nitrogens with one attached hydrogen (secondary N) is 2. The van der Waals surface area contributed by atoms with Gasteiger partial charge in [-0.05, 0) is 31.7 Å². The summed E-state index contributed by atoms with van der Waals surface area (Å²) in [6.45, 7) is 13.5. The highest BCUT2D eigenvalue weighted by molar-refractivity contribution is 5.81. The molecule has 0 radical (unpaired) electrons. The molecule has 2 atom stereocenters. The van der Waals surface area contributed by atoms with Gasteiger partial charge in [-0.2, -0.15) is 0 Å². The first-order valence-electron chi connectivity index (χ1n) is 9.90. The molecule has 2 rings (SSSR count). The lowest BCUT2D eigenvalue weighted by Gasteiger charge is -2.27. The molecule has 25 heavy (non-hydrogen) atoms. The molecular weight excluding hydrogens is 314 g/mol. The summed E-state index contributed by atoms with van der Waals surface area (Å²) in [5, 5.41) is 7.00. The summed E-state index contributed by atoms with van der Waals surface area (Å²) in [6.07, 6.45) is 3.54. The fourth-order valence-electron chi connectivity index (χ4n) is 3.88. The lowest BCUT2D eigenvalue weighted by molar-refractivity contribution is -0.133. The number of hydrogen-bond acceptors (Lipinski definition) is 3. The third kappa shape index (κ3) is 5.87. The summed E-state index contributed by atoms with van der Waals surface area (Å²) in [4.78, 5) is 21.1. The van der Waals surface area contributed by atoms with E-state index in [9.17, 15) is 4.79 Å². The second kappa shape index (κ2) is 9.41. The standard InChI is InChI=1S/C19H37N5O/c1-14(2)12-23-9-6-7-17(23)11-21-19(20-5)22-16-8-10-24(13-16)18(25)15(3)4/h14-17H,6-13H2,1-5H3,(H2,20,21,22)/t16?,17-/m1/s1. The third-order valence-electron chi connectivity index (χ3n) is 5.16. The highest BCUT2D eigenvalue weighted by atomic mass is 16.2. The number of rotatable bonds is 6. The van der Waals surface area contributed by atoms with Gasteiger partial charge in [-0.25, -0.2) is 0 Å². The lowest BCUT2D eigenvalue weighted by atomic mass is 10.1. The van der Waals surface area contributed by atoms with Crippen molar-refractivity contribution in [3.05, 3.63) is 0 Å². The van der Waals surface area contributed by atoms with Crippen molar-refractivity contribution in [3.63, 3.8) is 0 Å². The predicted octanol–water partition coefficient (Wildman–Crippen LogP) is 1.53. The maximum atomic E-state index is 12.1. The third-order valence-corrected chi connectivity index (χ3v) is 5.16. The lowest BCUT2D eigenvalue weighted by Crippen LogP contribution is -2.49. The van der Waals surface area contributed by atoms with Crippen molar-refractivity contribution >= 4 is 11.9 Å². The summed E-state index contributed by atoms with van der Waals surface area (Å²) in [5.41, 5.74) is 0. The zero-order valence-electron chi connectivity index (χ0n) is 16.7. The molecule has 2 N–H and O–H groups in total. The van der Waals surface area contributed by atoms with E-state index in [0.717, 1.165) is 32.0 Å². The smallest absolute Gasteiger partial charge is 0.225 e. The van der Waals surface area contributed by atoms with E-state index in [1.54, 1.807) is 0 Å². The minimum absolute atomic E-state index is 0.0745. The Bertz CT molecular complexity index is 463. The average molecular weight is 352 g/mol. The Morgan fingerprint density at radius 2 is 1.96 bits per heavy atom. The van der Waals surface area contributed by atoms with Crippen LogP contribution in [0.2, 0.25) is 0 Å². The monoisotopic (exact) mass is 351 g/mol. The van der Waals surface area contributed by atoms with Gasteiger partial charge >= 0.3 is 0 Å². The second-order valence-electron chi connectivity index (χ2n) is 8.21. The summed E-state index contributed by atoms with van der Waals surface area (Å²) in [5.74, 6) is 1.90. The Hall–Kier alpha value is -1.30. The number of likely N-dealkylation sites (tertiary alicyclic amines) is 2. The molecule has 2 heterocycles. The van der Waals surface area contributed by atoms with Crippen LogP contribution in [0.1, 0.15) is 47.0 Å². The van der Waals surface area contributed by atoms with Crippen molar-refractivity contribution < 1.29 is 4.79 Å². The minimum Gasteiger partial charge on any atom is -0.355 e. The van der Waals surface area contributed by atoms with E-state index < -0.39 is 0 Å². The molecule has 144 valence electrons. The van der Waals surface area contributed by atoms with Crippen LogP contribution in [0, 0.1) is 11.8 Å². The molecule has 0 saturated carbocycles. The van der Waals surface area contributed by atoms with E-state index >= 15 is 0 Å². The molecule has 0 aromatic carbocycles.